The Morgan fingerprint density at radius 1 is 1.00 bits per heavy atom. The van der Waals surface area contributed by atoms with Gasteiger partial charge in [0.15, 0.2) is 0 Å². The van der Waals surface area contributed by atoms with E-state index >= 15 is 0 Å². The van der Waals surface area contributed by atoms with Crippen molar-refractivity contribution in [3.63, 3.8) is 0 Å². The minimum Gasteiger partial charge on any atom is -0.350 e. The quantitative estimate of drug-likeness (QED) is 0.660. The number of anilines is 1. The Morgan fingerprint density at radius 2 is 1.74 bits per heavy atom. The summed E-state index contributed by atoms with van der Waals surface area (Å²) in [5.74, 6) is 0.655. The van der Waals surface area contributed by atoms with Crippen LogP contribution in [-0.4, -0.2) is 32.9 Å². The van der Waals surface area contributed by atoms with Crippen molar-refractivity contribution in [3.05, 3.63) is 83.4 Å². The number of rotatable bonds is 8. The van der Waals surface area contributed by atoms with Gasteiger partial charge in [0, 0.05) is 55.4 Å². The van der Waals surface area contributed by atoms with Crippen LogP contribution in [-0.2, 0) is 19.5 Å². The highest BCUT2D eigenvalue weighted by Gasteiger charge is 2.12. The normalized spacial score (nSPS) is 12.1. The van der Waals surface area contributed by atoms with E-state index < -0.39 is 0 Å². The second-order valence-electron chi connectivity index (χ2n) is 7.05. The number of hydrogen-bond acceptors (Lipinski definition) is 5. The molecule has 3 rings (SSSR count). The third kappa shape index (κ3) is 5.86. The van der Waals surface area contributed by atoms with Crippen LogP contribution < -0.4 is 5.32 Å². The molecule has 140 valence electrons. The van der Waals surface area contributed by atoms with Crippen LogP contribution in [0.5, 0.6) is 0 Å². The van der Waals surface area contributed by atoms with E-state index in [1.54, 1.807) is 0 Å². The lowest BCUT2D eigenvalue weighted by atomic mass is 10.1. The third-order valence-electron chi connectivity index (χ3n) is 4.66. The molecular weight excluding hydrogens is 334 g/mol. The van der Waals surface area contributed by atoms with E-state index in [0.29, 0.717) is 12.0 Å². The molecule has 0 aliphatic rings. The van der Waals surface area contributed by atoms with Crippen LogP contribution in [0.15, 0.2) is 61.1 Å². The zero-order chi connectivity index (χ0) is 19.1. The number of nitrogens with one attached hydrogen (secondary N) is 1. The van der Waals surface area contributed by atoms with E-state index in [-0.39, 0.29) is 0 Å². The summed E-state index contributed by atoms with van der Waals surface area (Å²) in [4.78, 5) is 15.7. The molecule has 0 spiro atoms. The van der Waals surface area contributed by atoms with Gasteiger partial charge in [0.2, 0.25) is 5.95 Å². The van der Waals surface area contributed by atoms with Gasteiger partial charge in [-0.2, -0.15) is 0 Å². The maximum Gasteiger partial charge on any atom is 0.222 e. The van der Waals surface area contributed by atoms with Crippen LogP contribution in [0.4, 0.5) is 5.95 Å². The van der Waals surface area contributed by atoms with Gasteiger partial charge in [-0.05, 0) is 44.2 Å². The molecule has 27 heavy (non-hydrogen) atoms. The summed E-state index contributed by atoms with van der Waals surface area (Å²) >= 11 is 0. The first-order chi connectivity index (χ1) is 13.1. The van der Waals surface area contributed by atoms with Gasteiger partial charge in [-0.3, -0.25) is 9.88 Å². The molecule has 1 aromatic carbocycles. The standard InChI is InChI=1S/C22H27N5/c1-17-9-10-23-21(11-17)12-18(2)27(3)16-20-14-25-22(26-15-20)24-13-19-7-5-4-6-8-19/h4-11,14-15,18H,12-13,16H2,1-3H3,(H,24,25,26). The van der Waals surface area contributed by atoms with Crippen molar-refractivity contribution in [2.75, 3.05) is 12.4 Å². The zero-order valence-electron chi connectivity index (χ0n) is 16.3. The van der Waals surface area contributed by atoms with Gasteiger partial charge in [-0.25, -0.2) is 9.97 Å². The number of benzene rings is 1. The molecule has 0 saturated carbocycles. The molecule has 0 aliphatic carbocycles. The van der Waals surface area contributed by atoms with E-state index in [4.69, 9.17) is 0 Å². The van der Waals surface area contributed by atoms with Gasteiger partial charge in [0.1, 0.15) is 0 Å². The van der Waals surface area contributed by atoms with Crippen LogP contribution in [0.2, 0.25) is 0 Å². The van der Waals surface area contributed by atoms with Gasteiger partial charge in [0.05, 0.1) is 0 Å². The summed E-state index contributed by atoms with van der Waals surface area (Å²) in [5, 5.41) is 3.26. The monoisotopic (exact) mass is 361 g/mol. The SMILES string of the molecule is Cc1ccnc(CC(C)N(C)Cc2cnc(NCc3ccccc3)nc2)c1. The fraction of sp³-hybridized carbons (Fsp3) is 0.318. The van der Waals surface area contributed by atoms with E-state index in [9.17, 15) is 0 Å². The highest BCUT2D eigenvalue weighted by atomic mass is 15.1. The van der Waals surface area contributed by atoms with Crippen molar-refractivity contribution in [3.8, 4) is 0 Å². The Morgan fingerprint density at radius 3 is 2.44 bits per heavy atom. The Hall–Kier alpha value is -2.79. The minimum absolute atomic E-state index is 0.384. The van der Waals surface area contributed by atoms with Crippen molar-refractivity contribution in [1.29, 1.82) is 0 Å². The number of pyridine rings is 1. The van der Waals surface area contributed by atoms with Gasteiger partial charge in [-0.15, -0.1) is 0 Å². The minimum atomic E-state index is 0.384. The topological polar surface area (TPSA) is 53.9 Å². The first-order valence-electron chi connectivity index (χ1n) is 9.30. The van der Waals surface area contributed by atoms with E-state index in [0.717, 1.165) is 30.8 Å². The van der Waals surface area contributed by atoms with Crippen LogP contribution in [0.3, 0.4) is 0 Å². The summed E-state index contributed by atoms with van der Waals surface area (Å²) in [6.45, 7) is 5.86. The molecule has 5 nitrogen and oxygen atoms in total. The zero-order valence-corrected chi connectivity index (χ0v) is 16.3. The summed E-state index contributed by atoms with van der Waals surface area (Å²) in [6, 6.07) is 14.8. The Balaban J connectivity index is 1.51. The van der Waals surface area contributed by atoms with E-state index in [1.165, 1.54) is 11.1 Å². The molecule has 0 bridgehead atoms. The van der Waals surface area contributed by atoms with Crippen molar-refractivity contribution < 1.29 is 0 Å². The molecule has 2 heterocycles. The van der Waals surface area contributed by atoms with Crippen molar-refractivity contribution >= 4 is 5.95 Å². The average Bonchev–Trinajstić information content (AvgIpc) is 2.68. The molecule has 1 N–H and O–H groups in total. The van der Waals surface area contributed by atoms with Gasteiger partial charge < -0.3 is 5.32 Å². The smallest absolute Gasteiger partial charge is 0.222 e. The van der Waals surface area contributed by atoms with Crippen LogP contribution in [0.1, 0.15) is 29.3 Å². The second-order valence-corrected chi connectivity index (χ2v) is 7.05. The Labute approximate surface area is 161 Å². The summed E-state index contributed by atoms with van der Waals surface area (Å²) < 4.78 is 0. The van der Waals surface area contributed by atoms with Gasteiger partial charge in [0.25, 0.3) is 0 Å². The lowest BCUT2D eigenvalue weighted by Gasteiger charge is -2.24. The second kappa shape index (κ2) is 9.24. The predicted molar refractivity (Wildman–Crippen MR) is 109 cm³/mol. The summed E-state index contributed by atoms with van der Waals surface area (Å²) in [6.07, 6.45) is 6.60. The number of aryl methyl sites for hydroxylation is 1. The lowest BCUT2D eigenvalue weighted by molar-refractivity contribution is 0.246. The first-order valence-corrected chi connectivity index (χ1v) is 9.30. The number of hydrogen-bond donors (Lipinski definition) is 1. The molecule has 0 fully saturated rings. The number of nitrogens with zero attached hydrogens (tertiary/aromatic N) is 4. The van der Waals surface area contributed by atoms with Crippen molar-refractivity contribution in [2.24, 2.45) is 0 Å². The number of aromatic nitrogens is 3. The van der Waals surface area contributed by atoms with Crippen LogP contribution in [0.25, 0.3) is 0 Å². The van der Waals surface area contributed by atoms with E-state index in [1.807, 2.05) is 42.9 Å². The molecular formula is C22H27N5. The molecule has 3 aromatic rings. The molecule has 0 amide bonds. The Bertz CT molecular complexity index is 833. The Kier molecular flexibility index (Phi) is 6.49. The number of likely N-dealkylation sites (N-methyl/N-ethyl adjacent to an activating group) is 1. The first kappa shape index (κ1) is 19.0. The van der Waals surface area contributed by atoms with Gasteiger partial charge in [-0.1, -0.05) is 30.3 Å². The molecule has 5 heteroatoms. The third-order valence-corrected chi connectivity index (χ3v) is 4.66. The van der Waals surface area contributed by atoms with Crippen molar-refractivity contribution in [2.45, 2.75) is 39.4 Å². The van der Waals surface area contributed by atoms with Crippen molar-refractivity contribution in [1.82, 2.24) is 19.9 Å². The molecule has 2 aromatic heterocycles. The molecule has 0 radical (unpaired) electrons. The van der Waals surface area contributed by atoms with E-state index in [2.05, 4.69) is 64.3 Å². The summed E-state index contributed by atoms with van der Waals surface area (Å²) in [7, 11) is 2.13. The molecule has 0 aliphatic heterocycles. The average molecular weight is 361 g/mol. The maximum absolute atomic E-state index is 4.47. The summed E-state index contributed by atoms with van der Waals surface area (Å²) in [5.41, 5.74) is 4.70. The highest BCUT2D eigenvalue weighted by molar-refractivity contribution is 5.28. The van der Waals surface area contributed by atoms with Crippen LogP contribution >= 0.6 is 0 Å². The van der Waals surface area contributed by atoms with Crippen LogP contribution in [0, 0.1) is 6.92 Å². The maximum atomic E-state index is 4.47. The molecule has 0 saturated heterocycles. The lowest BCUT2D eigenvalue weighted by Crippen LogP contribution is -2.30. The predicted octanol–water partition coefficient (Wildman–Crippen LogP) is 3.86. The van der Waals surface area contributed by atoms with Gasteiger partial charge >= 0.3 is 0 Å². The highest BCUT2D eigenvalue weighted by Crippen LogP contribution is 2.11. The molecule has 1 atom stereocenters. The largest absolute Gasteiger partial charge is 0.350 e. The fourth-order valence-electron chi connectivity index (χ4n) is 2.92. The molecule has 1 unspecified atom stereocenters. The fourth-order valence-corrected chi connectivity index (χ4v) is 2.92.